The molecule has 0 aliphatic heterocycles. The Morgan fingerprint density at radius 3 is 1.38 bits per heavy atom. The van der Waals surface area contributed by atoms with Gasteiger partial charge in [0.15, 0.2) is 0 Å². The first-order chi connectivity index (χ1) is 15.1. The quantitative estimate of drug-likeness (QED) is 0.166. The number of carbonyl (C=O) groups excluding carboxylic acids is 1. The van der Waals surface area contributed by atoms with Crippen molar-refractivity contribution in [2.45, 2.75) is 0 Å². The first kappa shape index (κ1) is 23.5. The number of halogens is 1. The molecule has 4 aromatic rings. The highest BCUT2D eigenvalue weighted by molar-refractivity contribution is 7.96. The lowest BCUT2D eigenvalue weighted by Crippen LogP contribution is -3.00. The monoisotopic (exact) mass is 505 g/mol. The highest BCUT2D eigenvalue weighted by atomic mass is 79.9. The number of non-ortho nitro benzene ring substituents is 1. The molecule has 0 spiro atoms. The smallest absolute Gasteiger partial charge is 0.269 e. The van der Waals surface area contributed by atoms with Crippen molar-refractivity contribution in [1.82, 2.24) is 0 Å². The molecule has 0 atom stereocenters. The Morgan fingerprint density at radius 2 is 1.03 bits per heavy atom. The number of rotatable bonds is 7. The zero-order chi connectivity index (χ0) is 21.7. The number of hydrogen-bond donors (Lipinski definition) is 0. The summed E-state index contributed by atoms with van der Waals surface area (Å²) in [7, 11) is -2.29. The SMILES string of the molecule is O=C(C[P+](c1ccccc1)(c1ccccc1)c1ccccc1)c1ccc([N+](=O)[O-])cc1.[Br-]. The Bertz CT molecular complexity index is 1090. The van der Waals surface area contributed by atoms with Gasteiger partial charge < -0.3 is 17.0 Å². The molecular formula is C26H21BrNO3P. The maximum atomic E-state index is 13.5. The summed E-state index contributed by atoms with van der Waals surface area (Å²) in [4.78, 5) is 24.1. The second-order valence-corrected chi connectivity index (χ2v) is 10.7. The van der Waals surface area contributed by atoms with Crippen LogP contribution in [0.15, 0.2) is 115 Å². The Labute approximate surface area is 198 Å². The van der Waals surface area contributed by atoms with Crippen LogP contribution in [0.5, 0.6) is 0 Å². The first-order valence-corrected chi connectivity index (χ1v) is 11.9. The van der Waals surface area contributed by atoms with Gasteiger partial charge in [-0.05, 0) is 48.5 Å². The van der Waals surface area contributed by atoms with E-state index in [0.29, 0.717) is 11.7 Å². The molecule has 32 heavy (non-hydrogen) atoms. The van der Waals surface area contributed by atoms with E-state index in [1.54, 1.807) is 12.1 Å². The summed E-state index contributed by atoms with van der Waals surface area (Å²) in [5.74, 6) is -0.0280. The fourth-order valence-corrected chi connectivity index (χ4v) is 7.94. The van der Waals surface area contributed by atoms with Crippen molar-refractivity contribution in [2.24, 2.45) is 0 Å². The second-order valence-electron chi connectivity index (χ2n) is 7.20. The summed E-state index contributed by atoms with van der Waals surface area (Å²) in [6.45, 7) is 0. The standard InChI is InChI=1S/C26H21NO3P.BrH/c28-26(21-16-18-22(19-17-21)27(29)30)20-31(23-10-4-1-5-11-23,24-12-6-2-7-13-24)25-14-8-3-9-15-25;/h1-19H,20H2;1H/q+1;/p-1. The van der Waals surface area contributed by atoms with Crippen LogP contribution in [0.2, 0.25) is 0 Å². The average molecular weight is 506 g/mol. The molecule has 0 saturated carbocycles. The van der Waals surface area contributed by atoms with Crippen LogP contribution in [0.25, 0.3) is 0 Å². The average Bonchev–Trinajstić information content (AvgIpc) is 2.84. The maximum Gasteiger partial charge on any atom is 0.269 e. The minimum atomic E-state index is -2.29. The van der Waals surface area contributed by atoms with Crippen LogP contribution in [0.4, 0.5) is 5.69 Å². The number of Topliss-reactive ketones (excluding diaryl/α,β-unsaturated/α-hetero) is 1. The molecule has 0 fully saturated rings. The van der Waals surface area contributed by atoms with Crippen LogP contribution in [0.3, 0.4) is 0 Å². The highest BCUT2D eigenvalue weighted by Gasteiger charge is 2.47. The second kappa shape index (κ2) is 10.4. The van der Waals surface area contributed by atoms with E-state index in [9.17, 15) is 14.9 Å². The van der Waals surface area contributed by atoms with Crippen molar-refractivity contribution in [1.29, 1.82) is 0 Å². The molecule has 0 aliphatic rings. The number of nitro groups is 1. The van der Waals surface area contributed by atoms with Gasteiger partial charge in [-0.3, -0.25) is 14.9 Å². The third-order valence-corrected chi connectivity index (χ3v) is 9.67. The predicted octanol–water partition coefficient (Wildman–Crippen LogP) is 1.78. The van der Waals surface area contributed by atoms with Crippen LogP contribution in [0, 0.1) is 10.1 Å². The molecule has 160 valence electrons. The van der Waals surface area contributed by atoms with Gasteiger partial charge in [-0.25, -0.2) is 0 Å². The molecule has 4 rings (SSSR count). The molecule has 6 heteroatoms. The predicted molar refractivity (Wildman–Crippen MR) is 127 cm³/mol. The molecule has 0 unspecified atom stereocenters. The van der Waals surface area contributed by atoms with Crippen LogP contribution < -0.4 is 32.9 Å². The van der Waals surface area contributed by atoms with E-state index in [0.717, 1.165) is 15.9 Å². The lowest BCUT2D eigenvalue weighted by molar-refractivity contribution is -0.384. The molecular weight excluding hydrogens is 485 g/mol. The number of hydrogen-bond acceptors (Lipinski definition) is 3. The molecule has 4 nitrogen and oxygen atoms in total. The minimum absolute atomic E-state index is 0. The summed E-state index contributed by atoms with van der Waals surface area (Å²) in [5, 5.41) is 14.4. The Hall–Kier alpha value is -3.14. The van der Waals surface area contributed by atoms with E-state index in [-0.39, 0.29) is 28.5 Å². The van der Waals surface area contributed by atoms with E-state index in [4.69, 9.17) is 0 Å². The zero-order valence-electron chi connectivity index (χ0n) is 17.2. The van der Waals surface area contributed by atoms with Gasteiger partial charge in [-0.1, -0.05) is 54.6 Å². The molecule has 4 aromatic carbocycles. The van der Waals surface area contributed by atoms with E-state index in [2.05, 4.69) is 36.4 Å². The molecule has 0 N–H and O–H groups in total. The van der Waals surface area contributed by atoms with E-state index in [1.807, 2.05) is 54.6 Å². The van der Waals surface area contributed by atoms with E-state index >= 15 is 0 Å². The minimum Gasteiger partial charge on any atom is -1.00 e. The van der Waals surface area contributed by atoms with Crippen molar-refractivity contribution in [3.8, 4) is 0 Å². The fraction of sp³-hybridized carbons (Fsp3) is 0.0385. The Kier molecular flexibility index (Phi) is 7.68. The van der Waals surface area contributed by atoms with Gasteiger partial charge in [0.2, 0.25) is 5.78 Å². The molecule has 0 radical (unpaired) electrons. The van der Waals surface area contributed by atoms with Gasteiger partial charge in [0.05, 0.1) is 4.92 Å². The third-order valence-electron chi connectivity index (χ3n) is 5.37. The van der Waals surface area contributed by atoms with Crippen molar-refractivity contribution in [2.75, 3.05) is 6.16 Å². The van der Waals surface area contributed by atoms with Crippen LogP contribution in [0.1, 0.15) is 10.4 Å². The topological polar surface area (TPSA) is 60.2 Å². The Morgan fingerprint density at radius 1 is 0.656 bits per heavy atom. The van der Waals surface area contributed by atoms with Crippen LogP contribution in [-0.4, -0.2) is 16.9 Å². The number of nitrogens with zero attached hydrogens (tertiary/aromatic N) is 1. The molecule has 0 amide bonds. The van der Waals surface area contributed by atoms with Gasteiger partial charge in [0, 0.05) is 17.7 Å². The van der Waals surface area contributed by atoms with Gasteiger partial charge in [-0.2, -0.15) is 0 Å². The highest BCUT2D eigenvalue weighted by Crippen LogP contribution is 2.55. The summed E-state index contributed by atoms with van der Waals surface area (Å²) < 4.78 is 0. The molecule has 0 aromatic heterocycles. The maximum absolute atomic E-state index is 13.5. The number of benzene rings is 4. The van der Waals surface area contributed by atoms with Crippen molar-refractivity contribution >= 4 is 34.6 Å². The van der Waals surface area contributed by atoms with Crippen molar-refractivity contribution in [3.63, 3.8) is 0 Å². The van der Waals surface area contributed by atoms with Gasteiger partial charge in [-0.15, -0.1) is 0 Å². The van der Waals surface area contributed by atoms with Crippen molar-refractivity contribution < 1.29 is 26.7 Å². The van der Waals surface area contributed by atoms with Gasteiger partial charge >= 0.3 is 0 Å². The lowest BCUT2D eigenvalue weighted by atomic mass is 10.1. The zero-order valence-corrected chi connectivity index (χ0v) is 19.7. The van der Waals surface area contributed by atoms with Crippen LogP contribution in [-0.2, 0) is 0 Å². The Balaban J connectivity index is 0.00000289. The van der Waals surface area contributed by atoms with Gasteiger partial charge in [0.25, 0.3) is 5.69 Å². The molecule has 0 saturated heterocycles. The number of carbonyl (C=O) groups is 1. The summed E-state index contributed by atoms with van der Waals surface area (Å²) in [5.41, 5.74) is 0.463. The van der Waals surface area contributed by atoms with E-state index < -0.39 is 12.2 Å². The van der Waals surface area contributed by atoms with Crippen LogP contribution >= 0.6 is 7.26 Å². The van der Waals surface area contributed by atoms with E-state index in [1.165, 1.54) is 12.1 Å². The molecule has 0 heterocycles. The molecule has 0 aliphatic carbocycles. The van der Waals surface area contributed by atoms with Crippen molar-refractivity contribution in [3.05, 3.63) is 131 Å². The van der Waals surface area contributed by atoms with Gasteiger partial charge in [0.1, 0.15) is 29.3 Å². The first-order valence-electron chi connectivity index (χ1n) is 9.94. The third kappa shape index (κ3) is 4.69. The number of ketones is 1. The fourth-order valence-electron chi connectivity index (χ4n) is 3.84. The summed E-state index contributed by atoms with van der Waals surface area (Å²) >= 11 is 0. The molecule has 0 bridgehead atoms. The normalized spacial score (nSPS) is 10.8. The lowest BCUT2D eigenvalue weighted by Gasteiger charge is -2.27. The number of nitro benzene ring substituents is 1. The largest absolute Gasteiger partial charge is 1.00 e. The summed E-state index contributed by atoms with van der Waals surface area (Å²) in [6.07, 6.45) is 0.308. The summed E-state index contributed by atoms with van der Waals surface area (Å²) in [6, 6.07) is 36.4.